The average Bonchev–Trinajstić information content (AvgIpc) is 3.44. The molecule has 1 aliphatic carbocycles. The van der Waals surface area contributed by atoms with E-state index in [9.17, 15) is 13.2 Å². The second-order valence-electron chi connectivity index (χ2n) is 11.5. The van der Waals surface area contributed by atoms with Crippen LogP contribution in [0.4, 0.5) is 4.79 Å². The van der Waals surface area contributed by atoms with Gasteiger partial charge in [-0.2, -0.15) is 8.42 Å². The number of carbonyl (C=O) groups excluding carboxylic acids is 1. The van der Waals surface area contributed by atoms with Gasteiger partial charge in [0.15, 0.2) is 0 Å². The van der Waals surface area contributed by atoms with Crippen molar-refractivity contribution >= 4 is 16.2 Å². The first kappa shape index (κ1) is 39.4. The van der Waals surface area contributed by atoms with Crippen LogP contribution in [-0.4, -0.2) is 125 Å². The lowest BCUT2D eigenvalue weighted by molar-refractivity contribution is -0.0182. The fraction of sp³-hybridized carbons (Fsp3) is 0.486. The van der Waals surface area contributed by atoms with Gasteiger partial charge in [0.05, 0.1) is 90.8 Å². The van der Waals surface area contributed by atoms with E-state index in [0.29, 0.717) is 79.2 Å². The summed E-state index contributed by atoms with van der Waals surface area (Å²) in [5.41, 5.74) is 5.74. The number of amides is 1. The van der Waals surface area contributed by atoms with Gasteiger partial charge in [0.25, 0.3) is 10.1 Å². The molecule has 1 amide bonds. The molecule has 12 nitrogen and oxygen atoms in total. The molecule has 0 aliphatic heterocycles. The van der Waals surface area contributed by atoms with Crippen molar-refractivity contribution in [3.8, 4) is 11.1 Å². The molecule has 50 heavy (non-hydrogen) atoms. The number of hydrogen-bond donors (Lipinski definition) is 0. The summed E-state index contributed by atoms with van der Waals surface area (Å²) in [6, 6.07) is 23.0. The first-order valence-corrected chi connectivity index (χ1v) is 18.3. The monoisotopic (exact) mass is 715 g/mol. The summed E-state index contributed by atoms with van der Waals surface area (Å²) in [5, 5.41) is 0. The highest BCUT2D eigenvalue weighted by molar-refractivity contribution is 7.86. The number of nitrogens with zero attached hydrogens (tertiary/aromatic N) is 1. The van der Waals surface area contributed by atoms with Crippen LogP contribution in [0, 0.1) is 6.92 Å². The smallest absolute Gasteiger partial charge is 0.409 e. The fourth-order valence-electron chi connectivity index (χ4n) is 5.17. The lowest BCUT2D eigenvalue weighted by Crippen LogP contribution is -2.32. The molecule has 13 heteroatoms. The van der Waals surface area contributed by atoms with Gasteiger partial charge in [0.2, 0.25) is 0 Å². The normalized spacial score (nSPS) is 12.5. The quantitative estimate of drug-likeness (QED) is 0.0896. The Kier molecular flexibility index (Phi) is 17.1. The van der Waals surface area contributed by atoms with E-state index in [2.05, 4.69) is 24.3 Å². The van der Waals surface area contributed by atoms with Gasteiger partial charge >= 0.3 is 6.09 Å². The van der Waals surface area contributed by atoms with E-state index in [4.69, 9.17) is 37.3 Å². The topological polar surface area (TPSA) is 128 Å². The summed E-state index contributed by atoms with van der Waals surface area (Å²) in [7, 11) is -2.08. The first-order chi connectivity index (χ1) is 24.4. The van der Waals surface area contributed by atoms with Gasteiger partial charge in [-0.05, 0) is 41.3 Å². The van der Waals surface area contributed by atoms with Gasteiger partial charge in [0, 0.05) is 19.5 Å². The van der Waals surface area contributed by atoms with Crippen molar-refractivity contribution in [1.29, 1.82) is 0 Å². The number of benzene rings is 3. The Hall–Kier alpha value is -3.40. The molecular weight excluding hydrogens is 666 g/mol. The molecule has 4 rings (SSSR count). The first-order valence-electron chi connectivity index (χ1n) is 16.9. The highest BCUT2D eigenvalue weighted by Crippen LogP contribution is 2.44. The van der Waals surface area contributed by atoms with Crippen LogP contribution in [0.15, 0.2) is 77.7 Å². The fourth-order valence-corrected chi connectivity index (χ4v) is 6.07. The number of rotatable bonds is 25. The Morgan fingerprint density at radius 2 is 1.02 bits per heavy atom. The number of likely N-dealkylation sites (N-methyl/N-ethyl adjacent to an activating group) is 1. The summed E-state index contributed by atoms with van der Waals surface area (Å²) in [5.74, 6) is 0.0304. The van der Waals surface area contributed by atoms with Crippen molar-refractivity contribution in [2.24, 2.45) is 0 Å². The lowest BCUT2D eigenvalue weighted by Gasteiger charge is -2.19. The average molecular weight is 716 g/mol. The van der Waals surface area contributed by atoms with Crippen LogP contribution in [-0.2, 0) is 47.5 Å². The molecule has 3 aromatic carbocycles. The SMILES string of the molecule is Cc1ccc(S(=O)(=O)OCCOCCOCCOCCOCCOCCOCCN(C)C(=O)OCC2c3ccccc3-c3ccccc32)cc1. The van der Waals surface area contributed by atoms with Crippen LogP contribution >= 0.6 is 0 Å². The maximum atomic E-state index is 12.6. The molecule has 0 heterocycles. The van der Waals surface area contributed by atoms with Gasteiger partial charge in [-0.1, -0.05) is 66.2 Å². The molecule has 0 bridgehead atoms. The predicted octanol–water partition coefficient (Wildman–Crippen LogP) is 4.68. The van der Waals surface area contributed by atoms with Crippen LogP contribution in [0.1, 0.15) is 22.6 Å². The second-order valence-corrected chi connectivity index (χ2v) is 13.1. The van der Waals surface area contributed by atoms with E-state index in [1.165, 1.54) is 39.3 Å². The van der Waals surface area contributed by atoms with Gasteiger partial charge in [-0.3, -0.25) is 4.18 Å². The summed E-state index contributed by atoms with van der Waals surface area (Å²) >= 11 is 0. The van der Waals surface area contributed by atoms with Crippen molar-refractivity contribution in [3.63, 3.8) is 0 Å². The molecule has 0 aromatic heterocycles. The molecule has 274 valence electrons. The van der Waals surface area contributed by atoms with Crippen LogP contribution in [0.3, 0.4) is 0 Å². The Balaban J connectivity index is 0.880. The minimum absolute atomic E-state index is 0.0304. The van der Waals surface area contributed by atoms with E-state index >= 15 is 0 Å². The molecule has 3 aromatic rings. The summed E-state index contributed by atoms with van der Waals surface area (Å²) < 4.78 is 67.7. The molecule has 0 radical (unpaired) electrons. The van der Waals surface area contributed by atoms with Crippen LogP contribution in [0.5, 0.6) is 0 Å². The molecule has 1 aliphatic rings. The zero-order chi connectivity index (χ0) is 35.4. The van der Waals surface area contributed by atoms with Crippen LogP contribution in [0.2, 0.25) is 0 Å². The van der Waals surface area contributed by atoms with E-state index in [0.717, 1.165) is 5.56 Å². The summed E-state index contributed by atoms with van der Waals surface area (Å²) in [6.45, 7) is 7.15. The van der Waals surface area contributed by atoms with E-state index < -0.39 is 10.1 Å². The molecule has 0 atom stereocenters. The van der Waals surface area contributed by atoms with Crippen LogP contribution in [0.25, 0.3) is 11.1 Å². The minimum Gasteiger partial charge on any atom is -0.448 e. The summed E-state index contributed by atoms with van der Waals surface area (Å²) in [4.78, 5) is 14.2. The van der Waals surface area contributed by atoms with E-state index in [1.807, 2.05) is 31.2 Å². The third-order valence-corrected chi connectivity index (χ3v) is 9.18. The highest BCUT2D eigenvalue weighted by atomic mass is 32.2. The van der Waals surface area contributed by atoms with Crippen molar-refractivity contribution in [2.45, 2.75) is 17.7 Å². The Labute approximate surface area is 295 Å². The standard InChI is InChI=1S/C37H49NO11S/c1-30-11-13-31(14-12-30)50(40,41)49-28-27-47-26-25-46-24-23-45-22-21-44-20-19-43-18-17-42-16-15-38(2)37(39)48-29-36-34-9-5-3-7-32(34)33-8-4-6-10-35(33)36/h3-14,36H,15-29H2,1-2H3. The van der Waals surface area contributed by atoms with Crippen molar-refractivity contribution < 1.29 is 50.6 Å². The van der Waals surface area contributed by atoms with Gasteiger partial charge < -0.3 is 38.1 Å². The predicted molar refractivity (Wildman–Crippen MR) is 187 cm³/mol. The van der Waals surface area contributed by atoms with E-state index in [1.54, 1.807) is 19.2 Å². The molecule has 0 fully saturated rings. The van der Waals surface area contributed by atoms with Crippen molar-refractivity contribution in [3.05, 3.63) is 89.5 Å². The second kappa shape index (κ2) is 21.7. The number of aryl methyl sites for hydroxylation is 1. The minimum atomic E-state index is -3.78. The lowest BCUT2D eigenvalue weighted by atomic mass is 9.98. The molecule has 0 saturated heterocycles. The Bertz CT molecular complexity index is 1490. The van der Waals surface area contributed by atoms with Gasteiger partial charge in [-0.15, -0.1) is 0 Å². The third kappa shape index (κ3) is 13.1. The Morgan fingerprint density at radius 1 is 0.600 bits per heavy atom. The number of carbonyl (C=O) groups is 1. The zero-order valence-electron chi connectivity index (χ0n) is 29.0. The number of fused-ring (bicyclic) bond motifs is 3. The van der Waals surface area contributed by atoms with Gasteiger partial charge in [0.1, 0.15) is 6.61 Å². The largest absolute Gasteiger partial charge is 0.448 e. The molecule has 0 spiro atoms. The van der Waals surface area contributed by atoms with Crippen molar-refractivity contribution in [2.75, 3.05) is 106 Å². The summed E-state index contributed by atoms with van der Waals surface area (Å²) in [6.07, 6.45) is -0.375. The highest BCUT2D eigenvalue weighted by Gasteiger charge is 2.29. The Morgan fingerprint density at radius 3 is 1.50 bits per heavy atom. The van der Waals surface area contributed by atoms with E-state index in [-0.39, 0.29) is 36.7 Å². The van der Waals surface area contributed by atoms with Crippen LogP contribution < -0.4 is 0 Å². The zero-order valence-corrected chi connectivity index (χ0v) is 29.8. The maximum Gasteiger partial charge on any atom is 0.409 e. The molecule has 0 saturated carbocycles. The van der Waals surface area contributed by atoms with Crippen molar-refractivity contribution in [1.82, 2.24) is 4.90 Å². The molecule has 0 unspecified atom stereocenters. The maximum absolute atomic E-state index is 12.6. The number of ether oxygens (including phenoxy) is 7. The molecule has 0 N–H and O–H groups in total. The number of hydrogen-bond acceptors (Lipinski definition) is 11. The van der Waals surface area contributed by atoms with Gasteiger partial charge in [-0.25, -0.2) is 4.79 Å². The molecular formula is C37H49NO11S. The third-order valence-electron chi connectivity index (χ3n) is 7.85.